The highest BCUT2D eigenvalue weighted by atomic mass is 16.4. The first-order valence-corrected chi connectivity index (χ1v) is 8.42. The number of anilines is 1. The maximum atomic E-state index is 11.1. The molecule has 2 aromatic rings. The Morgan fingerprint density at radius 3 is 2.62 bits per heavy atom. The molecule has 4 rings (SSSR count). The summed E-state index contributed by atoms with van der Waals surface area (Å²) in [4.78, 5) is 11.1. The summed E-state index contributed by atoms with van der Waals surface area (Å²) in [7, 11) is 0. The van der Waals surface area contributed by atoms with Gasteiger partial charge in [-0.1, -0.05) is 42.0 Å². The largest absolute Gasteiger partial charge is 0.478 e. The molecule has 0 radical (unpaired) electrons. The Balaban J connectivity index is 1.76. The molecule has 2 N–H and O–H groups in total. The topological polar surface area (TPSA) is 49.3 Å². The first kappa shape index (κ1) is 15.0. The first-order valence-electron chi connectivity index (χ1n) is 8.42. The van der Waals surface area contributed by atoms with Gasteiger partial charge >= 0.3 is 5.97 Å². The van der Waals surface area contributed by atoms with Gasteiger partial charge in [0.2, 0.25) is 0 Å². The molecule has 0 fully saturated rings. The molecule has 0 aromatic heterocycles. The van der Waals surface area contributed by atoms with E-state index >= 15 is 0 Å². The molecule has 1 heterocycles. The van der Waals surface area contributed by atoms with Crippen LogP contribution in [0.4, 0.5) is 5.69 Å². The minimum absolute atomic E-state index is 0.210. The van der Waals surface area contributed by atoms with Gasteiger partial charge in [0.25, 0.3) is 0 Å². The molecule has 1 aliphatic carbocycles. The number of hydrogen-bond acceptors (Lipinski definition) is 2. The van der Waals surface area contributed by atoms with Crippen LogP contribution in [0.2, 0.25) is 0 Å². The van der Waals surface area contributed by atoms with Crippen molar-refractivity contribution in [2.24, 2.45) is 5.92 Å². The summed E-state index contributed by atoms with van der Waals surface area (Å²) >= 11 is 0. The van der Waals surface area contributed by atoms with Crippen LogP contribution >= 0.6 is 0 Å². The van der Waals surface area contributed by atoms with Crippen LogP contribution in [-0.4, -0.2) is 11.1 Å². The molecule has 0 unspecified atom stereocenters. The van der Waals surface area contributed by atoms with Crippen LogP contribution in [0.15, 0.2) is 48.6 Å². The fourth-order valence-corrected chi connectivity index (χ4v) is 4.24. The van der Waals surface area contributed by atoms with E-state index in [4.69, 9.17) is 5.11 Å². The third-order valence-corrected chi connectivity index (χ3v) is 5.33. The van der Waals surface area contributed by atoms with E-state index in [1.165, 1.54) is 22.4 Å². The van der Waals surface area contributed by atoms with Crippen molar-refractivity contribution in [3.05, 3.63) is 76.4 Å². The van der Waals surface area contributed by atoms with Gasteiger partial charge < -0.3 is 10.4 Å². The minimum atomic E-state index is -0.879. The highest BCUT2D eigenvalue weighted by Gasteiger charge is 2.38. The second-order valence-corrected chi connectivity index (χ2v) is 6.95. The zero-order valence-electron chi connectivity index (χ0n) is 13.9. The van der Waals surface area contributed by atoms with Crippen LogP contribution in [0.5, 0.6) is 0 Å². The molecule has 2 aromatic carbocycles. The van der Waals surface area contributed by atoms with E-state index in [1.54, 1.807) is 12.1 Å². The molecular formula is C21H21NO2. The fourth-order valence-electron chi connectivity index (χ4n) is 4.24. The molecule has 3 atom stereocenters. The fraction of sp³-hybridized carbons (Fsp3) is 0.286. The third kappa shape index (κ3) is 2.32. The molecular weight excluding hydrogens is 298 g/mol. The molecule has 2 aliphatic rings. The van der Waals surface area contributed by atoms with Crippen LogP contribution in [0.3, 0.4) is 0 Å². The smallest absolute Gasteiger partial charge is 0.335 e. The SMILES string of the molecule is Cc1cc(C)c2c(c1)[C@@H]1C=CC[C@H]1[C@@H](c1ccc(C(=O)O)cc1)N2. The van der Waals surface area contributed by atoms with Gasteiger partial charge in [0, 0.05) is 11.6 Å². The number of carboxylic acids is 1. The summed E-state index contributed by atoms with van der Waals surface area (Å²) in [6.45, 7) is 4.31. The van der Waals surface area contributed by atoms with Crippen LogP contribution < -0.4 is 5.32 Å². The summed E-state index contributed by atoms with van der Waals surface area (Å²) < 4.78 is 0. The number of nitrogens with one attached hydrogen (secondary N) is 1. The monoisotopic (exact) mass is 319 g/mol. The highest BCUT2D eigenvalue weighted by Crippen LogP contribution is 2.50. The Kier molecular flexibility index (Phi) is 3.45. The molecule has 122 valence electrons. The molecule has 0 saturated carbocycles. The van der Waals surface area contributed by atoms with E-state index < -0.39 is 5.97 Å². The zero-order valence-corrected chi connectivity index (χ0v) is 13.9. The van der Waals surface area contributed by atoms with Gasteiger partial charge in [-0.3, -0.25) is 0 Å². The molecule has 0 bridgehead atoms. The van der Waals surface area contributed by atoms with Gasteiger partial charge in [0.1, 0.15) is 0 Å². The van der Waals surface area contributed by atoms with Crippen molar-refractivity contribution in [3.63, 3.8) is 0 Å². The Bertz CT molecular complexity index is 836. The lowest BCUT2D eigenvalue weighted by Gasteiger charge is -2.38. The van der Waals surface area contributed by atoms with E-state index in [2.05, 4.69) is 43.4 Å². The van der Waals surface area contributed by atoms with Gasteiger partial charge in [-0.25, -0.2) is 4.79 Å². The van der Waals surface area contributed by atoms with Crippen LogP contribution in [0, 0.1) is 19.8 Å². The summed E-state index contributed by atoms with van der Waals surface area (Å²) in [5, 5.41) is 12.8. The number of benzene rings is 2. The average Bonchev–Trinajstić information content (AvgIpc) is 3.04. The number of rotatable bonds is 2. The predicted octanol–water partition coefficient (Wildman–Crippen LogP) is 4.83. The number of aryl methyl sites for hydroxylation is 2. The van der Waals surface area contributed by atoms with Gasteiger partial charge in [-0.2, -0.15) is 0 Å². The summed E-state index contributed by atoms with van der Waals surface area (Å²) in [6.07, 6.45) is 5.67. The molecule has 0 amide bonds. The number of hydrogen-bond donors (Lipinski definition) is 2. The number of carbonyl (C=O) groups is 1. The van der Waals surface area contributed by atoms with Crippen molar-refractivity contribution in [1.29, 1.82) is 0 Å². The van der Waals surface area contributed by atoms with Gasteiger partial charge in [-0.15, -0.1) is 0 Å². The molecule has 3 nitrogen and oxygen atoms in total. The van der Waals surface area contributed by atoms with E-state index in [1.807, 2.05) is 12.1 Å². The zero-order chi connectivity index (χ0) is 16.8. The molecule has 3 heteroatoms. The average molecular weight is 319 g/mol. The molecule has 0 saturated heterocycles. The second kappa shape index (κ2) is 5.52. The van der Waals surface area contributed by atoms with Crippen molar-refractivity contribution in [2.45, 2.75) is 32.2 Å². The van der Waals surface area contributed by atoms with Gasteiger partial charge in [0.05, 0.1) is 11.6 Å². The molecule has 1 aliphatic heterocycles. The third-order valence-electron chi connectivity index (χ3n) is 5.33. The molecule has 0 spiro atoms. The number of allylic oxidation sites excluding steroid dienone is 2. The quantitative estimate of drug-likeness (QED) is 0.780. The summed E-state index contributed by atoms with van der Waals surface area (Å²) in [6, 6.07) is 12.0. The normalized spacial score (nSPS) is 24.2. The summed E-state index contributed by atoms with van der Waals surface area (Å²) in [5.41, 5.74) is 6.70. The highest BCUT2D eigenvalue weighted by molar-refractivity contribution is 5.87. The Labute approximate surface area is 142 Å². The van der Waals surface area contributed by atoms with Crippen molar-refractivity contribution in [2.75, 3.05) is 5.32 Å². The van der Waals surface area contributed by atoms with Crippen LogP contribution in [0.25, 0.3) is 0 Å². The van der Waals surface area contributed by atoms with Crippen molar-refractivity contribution < 1.29 is 9.90 Å². The number of aromatic carboxylic acids is 1. The maximum Gasteiger partial charge on any atom is 0.335 e. The lowest BCUT2D eigenvalue weighted by Crippen LogP contribution is -2.29. The lowest BCUT2D eigenvalue weighted by atomic mass is 9.76. The molecule has 24 heavy (non-hydrogen) atoms. The van der Waals surface area contributed by atoms with Crippen LogP contribution in [-0.2, 0) is 0 Å². The van der Waals surface area contributed by atoms with E-state index in [-0.39, 0.29) is 6.04 Å². The first-order chi connectivity index (χ1) is 11.5. The number of carboxylic acid groups (broad SMARTS) is 1. The van der Waals surface area contributed by atoms with Crippen LogP contribution in [0.1, 0.15) is 51.0 Å². The van der Waals surface area contributed by atoms with E-state index in [0.717, 1.165) is 12.0 Å². The number of fused-ring (bicyclic) bond motifs is 3. The Hall–Kier alpha value is -2.55. The minimum Gasteiger partial charge on any atom is -0.478 e. The Morgan fingerprint density at radius 1 is 1.17 bits per heavy atom. The standard InChI is InChI=1S/C21H21NO2/c1-12-10-13(2)19-18(11-12)16-4-3-5-17(16)20(22-19)14-6-8-15(9-7-14)21(23)24/h3-4,6-11,16-17,20,22H,5H2,1-2H3,(H,23,24)/t16-,17-,20-/m1/s1. The van der Waals surface area contributed by atoms with E-state index in [9.17, 15) is 4.79 Å². The predicted molar refractivity (Wildman–Crippen MR) is 95.7 cm³/mol. The maximum absolute atomic E-state index is 11.1. The lowest BCUT2D eigenvalue weighted by molar-refractivity contribution is 0.0697. The van der Waals surface area contributed by atoms with Crippen molar-refractivity contribution >= 4 is 11.7 Å². The van der Waals surface area contributed by atoms with Gasteiger partial charge in [0.15, 0.2) is 0 Å². The Morgan fingerprint density at radius 2 is 1.92 bits per heavy atom. The van der Waals surface area contributed by atoms with Crippen molar-refractivity contribution in [3.8, 4) is 0 Å². The summed E-state index contributed by atoms with van der Waals surface area (Å²) in [5.74, 6) is 0.0357. The van der Waals surface area contributed by atoms with Crippen molar-refractivity contribution in [1.82, 2.24) is 0 Å². The van der Waals surface area contributed by atoms with Gasteiger partial charge in [-0.05, 0) is 55.0 Å². The second-order valence-electron chi connectivity index (χ2n) is 6.95. The van der Waals surface area contributed by atoms with E-state index in [0.29, 0.717) is 17.4 Å².